The van der Waals surface area contributed by atoms with E-state index in [0.717, 1.165) is 0 Å². The third-order valence-electron chi connectivity index (χ3n) is 1.87. The zero-order chi connectivity index (χ0) is 12.9. The summed E-state index contributed by atoms with van der Waals surface area (Å²) in [6, 6.07) is 0. The maximum absolute atomic E-state index is 11.6. The Labute approximate surface area is 117 Å². The highest BCUT2D eigenvalue weighted by Crippen LogP contribution is 2.16. The van der Waals surface area contributed by atoms with Crippen LogP contribution < -0.4 is 10.1 Å². The maximum atomic E-state index is 11.6. The van der Waals surface area contributed by atoms with Gasteiger partial charge in [0.2, 0.25) is 0 Å². The average molecular weight is 373 g/mol. The molecule has 6 nitrogen and oxygen atoms in total. The normalized spacial score (nSPS) is 18.6. The molecule has 1 rings (SSSR count). The standard InChI is InChI=1S/C9H16IN3O3S/c1-8(2,3)16-7(14)12-9(5-15-6-9)4-11-13-17-10/h4,13H,5-6H2,1-3H3,(H,12,14)/b11-4+. The molecule has 0 aromatic heterocycles. The van der Waals surface area contributed by atoms with Gasteiger partial charge in [-0.3, -0.25) is 0 Å². The molecule has 0 radical (unpaired) electrons. The van der Waals surface area contributed by atoms with Gasteiger partial charge in [-0.25, -0.2) is 9.63 Å². The van der Waals surface area contributed by atoms with E-state index < -0.39 is 17.2 Å². The van der Waals surface area contributed by atoms with Gasteiger partial charge in [-0.2, -0.15) is 5.10 Å². The molecule has 2 N–H and O–H groups in total. The zero-order valence-electron chi connectivity index (χ0n) is 9.95. The second kappa shape index (κ2) is 6.10. The van der Waals surface area contributed by atoms with Gasteiger partial charge in [-0.15, -0.1) is 0 Å². The molecule has 1 amide bonds. The molecule has 0 atom stereocenters. The Kier molecular flexibility index (Phi) is 5.32. The van der Waals surface area contributed by atoms with Crippen molar-refractivity contribution in [2.45, 2.75) is 31.9 Å². The summed E-state index contributed by atoms with van der Waals surface area (Å²) in [6.07, 6.45) is 1.17. The zero-order valence-corrected chi connectivity index (χ0v) is 12.9. The fourth-order valence-corrected chi connectivity index (χ4v) is 1.61. The largest absolute Gasteiger partial charge is 0.444 e. The van der Waals surface area contributed by atoms with Crippen LogP contribution in [-0.4, -0.2) is 36.7 Å². The third-order valence-corrected chi connectivity index (χ3v) is 2.63. The third kappa shape index (κ3) is 5.30. The minimum absolute atomic E-state index is 0.406. The lowest BCUT2D eigenvalue weighted by atomic mass is 10.00. The van der Waals surface area contributed by atoms with Crippen molar-refractivity contribution >= 4 is 42.6 Å². The highest BCUT2D eigenvalue weighted by Gasteiger charge is 2.40. The molecule has 98 valence electrons. The molecule has 1 fully saturated rings. The van der Waals surface area contributed by atoms with E-state index in [0.29, 0.717) is 13.2 Å². The lowest BCUT2D eigenvalue weighted by Gasteiger charge is -2.38. The summed E-state index contributed by atoms with van der Waals surface area (Å²) in [7, 11) is 1.34. The monoisotopic (exact) mass is 373 g/mol. The summed E-state index contributed by atoms with van der Waals surface area (Å²) in [4.78, 5) is 14.3. The van der Waals surface area contributed by atoms with Gasteiger partial charge in [-0.05, 0) is 20.8 Å². The second-order valence-electron chi connectivity index (χ2n) is 4.70. The van der Waals surface area contributed by atoms with Crippen LogP contribution in [-0.2, 0) is 9.47 Å². The van der Waals surface area contributed by atoms with E-state index in [1.165, 1.54) is 9.12 Å². The molecule has 0 unspecified atom stereocenters. The van der Waals surface area contributed by atoms with Gasteiger partial charge < -0.3 is 14.8 Å². The molecule has 1 aliphatic heterocycles. The average Bonchev–Trinajstić information content (AvgIpc) is 2.11. The molecule has 0 spiro atoms. The molecular formula is C9H16IN3O3S. The van der Waals surface area contributed by atoms with Crippen LogP contribution in [0.25, 0.3) is 0 Å². The first-order valence-electron chi connectivity index (χ1n) is 5.03. The number of rotatable bonds is 4. The van der Waals surface area contributed by atoms with E-state index >= 15 is 0 Å². The van der Waals surface area contributed by atoms with E-state index in [4.69, 9.17) is 9.47 Å². The number of halogens is 1. The number of carbonyl (C=O) groups excluding carboxylic acids is 1. The van der Waals surface area contributed by atoms with Crippen molar-refractivity contribution < 1.29 is 14.3 Å². The summed E-state index contributed by atoms with van der Waals surface area (Å²) in [5.74, 6) is 0. The molecular weight excluding hydrogens is 357 g/mol. The number of hydrazone groups is 1. The van der Waals surface area contributed by atoms with E-state index in [-0.39, 0.29) is 0 Å². The lowest BCUT2D eigenvalue weighted by Crippen LogP contribution is -2.64. The lowest BCUT2D eigenvalue weighted by molar-refractivity contribution is -0.0394. The topological polar surface area (TPSA) is 72.0 Å². The Morgan fingerprint density at radius 3 is 2.65 bits per heavy atom. The second-order valence-corrected chi connectivity index (χ2v) is 6.36. The molecule has 0 bridgehead atoms. The van der Waals surface area contributed by atoms with Crippen molar-refractivity contribution in [3.63, 3.8) is 0 Å². The first-order valence-corrected chi connectivity index (χ1v) is 8.38. The van der Waals surface area contributed by atoms with E-state index in [2.05, 4.69) is 36.5 Å². The van der Waals surface area contributed by atoms with Gasteiger partial charge >= 0.3 is 6.09 Å². The molecule has 1 aliphatic rings. The Morgan fingerprint density at radius 2 is 2.24 bits per heavy atom. The van der Waals surface area contributed by atoms with Gasteiger partial charge in [0, 0.05) is 30.3 Å². The Hall–Kier alpha value is -0.220. The Bertz CT molecular complexity index is 302. The van der Waals surface area contributed by atoms with Crippen molar-refractivity contribution in [3.8, 4) is 0 Å². The van der Waals surface area contributed by atoms with Crippen LogP contribution in [0.15, 0.2) is 5.10 Å². The number of amides is 1. The summed E-state index contributed by atoms with van der Waals surface area (Å²) in [6.45, 7) is 6.27. The molecule has 17 heavy (non-hydrogen) atoms. The number of carbonyl (C=O) groups is 1. The van der Waals surface area contributed by atoms with Gasteiger partial charge in [0.15, 0.2) is 0 Å². The van der Waals surface area contributed by atoms with Crippen LogP contribution in [0.1, 0.15) is 20.8 Å². The molecule has 0 saturated carbocycles. The van der Waals surface area contributed by atoms with E-state index in [9.17, 15) is 4.79 Å². The molecule has 8 heteroatoms. The van der Waals surface area contributed by atoms with Crippen LogP contribution in [0.3, 0.4) is 0 Å². The predicted molar refractivity (Wildman–Crippen MR) is 76.2 cm³/mol. The number of nitrogens with zero attached hydrogens (tertiary/aromatic N) is 1. The van der Waals surface area contributed by atoms with Crippen LogP contribution in [0, 0.1) is 0 Å². The van der Waals surface area contributed by atoms with Crippen LogP contribution >= 0.6 is 30.3 Å². The minimum atomic E-state index is -0.554. The van der Waals surface area contributed by atoms with Gasteiger partial charge in [-0.1, -0.05) is 0 Å². The maximum Gasteiger partial charge on any atom is 0.408 e. The first kappa shape index (κ1) is 14.8. The number of nitrogens with one attached hydrogen (secondary N) is 2. The minimum Gasteiger partial charge on any atom is -0.444 e. The number of ether oxygens (including phenoxy) is 2. The predicted octanol–water partition coefficient (Wildman–Crippen LogP) is 1.85. The highest BCUT2D eigenvalue weighted by atomic mass is 127. The quantitative estimate of drug-likeness (QED) is 0.341. The summed E-state index contributed by atoms with van der Waals surface area (Å²) in [5, 5.41) is 6.72. The van der Waals surface area contributed by atoms with Gasteiger partial charge in [0.05, 0.1) is 19.4 Å². The summed E-state index contributed by atoms with van der Waals surface area (Å²) < 4.78 is 10.3. The summed E-state index contributed by atoms with van der Waals surface area (Å²) >= 11 is 2.06. The number of alkyl carbamates (subject to hydrolysis) is 1. The fraction of sp³-hybridized carbons (Fsp3) is 0.778. The van der Waals surface area contributed by atoms with Crippen LogP contribution in [0.4, 0.5) is 4.79 Å². The molecule has 1 saturated heterocycles. The van der Waals surface area contributed by atoms with Gasteiger partial charge in [0.1, 0.15) is 11.1 Å². The number of hydrogen-bond acceptors (Lipinski definition) is 6. The molecule has 0 aromatic carbocycles. The first-order chi connectivity index (χ1) is 7.87. The van der Waals surface area contributed by atoms with Crippen LogP contribution in [0.5, 0.6) is 0 Å². The summed E-state index contributed by atoms with van der Waals surface area (Å²) in [5.41, 5.74) is -1.06. The highest BCUT2D eigenvalue weighted by molar-refractivity contribution is 14.2. The van der Waals surface area contributed by atoms with Crippen molar-refractivity contribution in [3.05, 3.63) is 0 Å². The number of hydrogen-bond donors (Lipinski definition) is 2. The van der Waals surface area contributed by atoms with E-state index in [1.54, 1.807) is 6.21 Å². The molecule has 0 aromatic rings. The smallest absolute Gasteiger partial charge is 0.408 e. The Morgan fingerprint density at radius 1 is 1.59 bits per heavy atom. The SMILES string of the molecule is CC(C)(C)OC(=O)NC1(/C=N/NSI)COC1. The van der Waals surface area contributed by atoms with Crippen molar-refractivity contribution in [2.75, 3.05) is 13.2 Å². The van der Waals surface area contributed by atoms with Crippen LogP contribution in [0.2, 0.25) is 0 Å². The van der Waals surface area contributed by atoms with Crippen molar-refractivity contribution in [1.29, 1.82) is 0 Å². The van der Waals surface area contributed by atoms with E-state index in [1.807, 2.05) is 20.8 Å². The van der Waals surface area contributed by atoms with Crippen molar-refractivity contribution in [1.82, 2.24) is 10.1 Å². The Balaban J connectivity index is 2.49. The van der Waals surface area contributed by atoms with Crippen molar-refractivity contribution in [2.24, 2.45) is 5.10 Å². The molecule has 0 aliphatic carbocycles. The molecule has 1 heterocycles. The van der Waals surface area contributed by atoms with Gasteiger partial charge in [0.25, 0.3) is 0 Å². The fourth-order valence-electron chi connectivity index (χ4n) is 1.18.